The fourth-order valence-electron chi connectivity index (χ4n) is 2.60. The number of ether oxygens (including phenoxy) is 2. The van der Waals surface area contributed by atoms with Gasteiger partial charge in [0.05, 0.1) is 25.4 Å². The number of hydrogen-bond donors (Lipinski definition) is 1. The minimum Gasteiger partial charge on any atom is -0.389 e. The van der Waals surface area contributed by atoms with Crippen molar-refractivity contribution in [3.05, 3.63) is 0 Å². The largest absolute Gasteiger partial charge is 0.389 e. The van der Waals surface area contributed by atoms with Crippen LogP contribution in [0.25, 0.3) is 0 Å². The third kappa shape index (κ3) is 7.22. The molecule has 0 spiro atoms. The third-order valence-corrected chi connectivity index (χ3v) is 3.24. The Labute approximate surface area is 117 Å². The molecule has 5 heteroatoms. The fourth-order valence-corrected chi connectivity index (χ4v) is 2.60. The molecule has 0 aromatic rings. The molecule has 1 aliphatic heterocycles. The summed E-state index contributed by atoms with van der Waals surface area (Å²) in [6.45, 7) is 10.3. The zero-order chi connectivity index (χ0) is 14.3. The van der Waals surface area contributed by atoms with Gasteiger partial charge in [0.25, 0.3) is 0 Å². The van der Waals surface area contributed by atoms with Crippen LogP contribution in [0.15, 0.2) is 0 Å². The van der Waals surface area contributed by atoms with Gasteiger partial charge in [-0.1, -0.05) is 13.8 Å². The first-order valence-electron chi connectivity index (χ1n) is 7.20. The fraction of sp³-hybridized carbons (Fsp3) is 1.00. The third-order valence-electron chi connectivity index (χ3n) is 3.24. The lowest BCUT2D eigenvalue weighted by Crippen LogP contribution is -2.48. The van der Waals surface area contributed by atoms with Crippen LogP contribution in [0.1, 0.15) is 13.8 Å². The number of methoxy groups -OCH3 is 1. The second-order valence-corrected chi connectivity index (χ2v) is 5.98. The van der Waals surface area contributed by atoms with Crippen LogP contribution in [0, 0.1) is 5.92 Å². The lowest BCUT2D eigenvalue weighted by Gasteiger charge is -2.35. The molecule has 0 aliphatic carbocycles. The first kappa shape index (κ1) is 16.9. The van der Waals surface area contributed by atoms with Crippen molar-refractivity contribution in [1.29, 1.82) is 0 Å². The van der Waals surface area contributed by atoms with Crippen LogP contribution in [0.4, 0.5) is 0 Å². The lowest BCUT2D eigenvalue weighted by molar-refractivity contribution is -0.0489. The van der Waals surface area contributed by atoms with E-state index in [4.69, 9.17) is 9.47 Å². The van der Waals surface area contributed by atoms with E-state index >= 15 is 0 Å². The Hall–Kier alpha value is -0.200. The van der Waals surface area contributed by atoms with E-state index in [0.717, 1.165) is 32.8 Å². The van der Waals surface area contributed by atoms with Crippen LogP contribution < -0.4 is 0 Å². The lowest BCUT2D eigenvalue weighted by atomic mass is 10.1. The predicted molar refractivity (Wildman–Crippen MR) is 76.4 cm³/mol. The predicted octanol–water partition coefficient (Wildman–Crippen LogP) is 0.282. The maximum atomic E-state index is 9.70. The number of aliphatic hydroxyl groups is 1. The minimum absolute atomic E-state index is 0.243. The van der Waals surface area contributed by atoms with Crippen molar-refractivity contribution in [2.75, 3.05) is 60.1 Å². The molecular formula is C14H30N2O3. The Bertz CT molecular complexity index is 239. The first-order chi connectivity index (χ1) is 9.01. The van der Waals surface area contributed by atoms with Gasteiger partial charge in [-0.25, -0.2) is 0 Å². The summed E-state index contributed by atoms with van der Waals surface area (Å²) in [6.07, 6.45) is -0.183. The maximum Gasteiger partial charge on any atom is 0.0899 e. The van der Waals surface area contributed by atoms with E-state index in [-0.39, 0.29) is 6.10 Å². The number of likely N-dealkylation sites (N-methyl/N-ethyl adjacent to an activating group) is 1. The molecule has 0 aromatic carbocycles. The second kappa shape index (κ2) is 8.87. The van der Waals surface area contributed by atoms with Gasteiger partial charge in [-0.3, -0.25) is 4.90 Å². The zero-order valence-electron chi connectivity index (χ0n) is 12.8. The Morgan fingerprint density at radius 3 is 2.84 bits per heavy atom. The van der Waals surface area contributed by atoms with Gasteiger partial charge >= 0.3 is 0 Å². The van der Waals surface area contributed by atoms with Crippen molar-refractivity contribution >= 4 is 0 Å². The summed E-state index contributed by atoms with van der Waals surface area (Å²) >= 11 is 0. The van der Waals surface area contributed by atoms with E-state index in [0.29, 0.717) is 19.1 Å². The molecule has 1 heterocycles. The molecule has 5 nitrogen and oxygen atoms in total. The molecule has 114 valence electrons. The molecule has 0 radical (unpaired) electrons. The van der Waals surface area contributed by atoms with Crippen LogP contribution >= 0.6 is 0 Å². The summed E-state index contributed by atoms with van der Waals surface area (Å²) in [6, 6.07) is 0. The van der Waals surface area contributed by atoms with Crippen molar-refractivity contribution in [1.82, 2.24) is 9.80 Å². The molecule has 1 aliphatic rings. The van der Waals surface area contributed by atoms with Gasteiger partial charge in [-0.15, -0.1) is 0 Å². The van der Waals surface area contributed by atoms with E-state index in [2.05, 4.69) is 23.6 Å². The van der Waals surface area contributed by atoms with Crippen LogP contribution in [-0.4, -0.2) is 87.2 Å². The van der Waals surface area contributed by atoms with Crippen molar-refractivity contribution in [2.24, 2.45) is 5.92 Å². The minimum atomic E-state index is -0.426. The van der Waals surface area contributed by atoms with E-state index in [1.165, 1.54) is 0 Å². The summed E-state index contributed by atoms with van der Waals surface area (Å²) in [5, 5.41) is 9.70. The number of morpholine rings is 1. The molecule has 1 saturated heterocycles. The van der Waals surface area contributed by atoms with Crippen molar-refractivity contribution in [3.63, 3.8) is 0 Å². The molecule has 1 N–H and O–H groups in total. The Balaban J connectivity index is 2.27. The average molecular weight is 274 g/mol. The smallest absolute Gasteiger partial charge is 0.0899 e. The molecule has 1 fully saturated rings. The molecule has 0 aromatic heterocycles. The molecule has 19 heavy (non-hydrogen) atoms. The molecule has 0 saturated carbocycles. The highest BCUT2D eigenvalue weighted by atomic mass is 16.5. The Morgan fingerprint density at radius 2 is 2.21 bits per heavy atom. The van der Waals surface area contributed by atoms with Gasteiger partial charge in [0, 0.05) is 39.8 Å². The highest BCUT2D eigenvalue weighted by Gasteiger charge is 2.22. The zero-order valence-corrected chi connectivity index (χ0v) is 12.8. The normalized spacial score (nSPS) is 23.2. The number of aliphatic hydroxyl groups excluding tert-OH is 1. The molecule has 0 bridgehead atoms. The quantitative estimate of drug-likeness (QED) is 0.689. The van der Waals surface area contributed by atoms with E-state index < -0.39 is 6.10 Å². The van der Waals surface area contributed by atoms with Crippen LogP contribution in [0.5, 0.6) is 0 Å². The van der Waals surface area contributed by atoms with Gasteiger partial charge < -0.3 is 19.5 Å². The van der Waals surface area contributed by atoms with Gasteiger partial charge in [-0.05, 0) is 13.0 Å². The highest BCUT2D eigenvalue weighted by molar-refractivity contribution is 4.75. The van der Waals surface area contributed by atoms with Crippen LogP contribution in [-0.2, 0) is 9.47 Å². The summed E-state index contributed by atoms with van der Waals surface area (Å²) in [5.74, 6) is 0.694. The number of rotatable bonds is 8. The van der Waals surface area contributed by atoms with Crippen molar-refractivity contribution in [2.45, 2.75) is 26.1 Å². The molecule has 2 unspecified atom stereocenters. The number of nitrogens with zero attached hydrogens (tertiary/aromatic N) is 2. The molecular weight excluding hydrogens is 244 g/mol. The van der Waals surface area contributed by atoms with E-state index in [9.17, 15) is 5.11 Å². The maximum absolute atomic E-state index is 9.70. The standard InChI is InChI=1S/C14H30N2O3/c1-12(2)7-16-5-6-19-14(10-16)9-15(3)8-13(17)11-18-4/h12-14,17H,5-11H2,1-4H3. The topological polar surface area (TPSA) is 45.2 Å². The molecule has 1 rings (SSSR count). The Kier molecular flexibility index (Phi) is 7.87. The summed E-state index contributed by atoms with van der Waals surface area (Å²) in [5.41, 5.74) is 0. The van der Waals surface area contributed by atoms with Crippen molar-refractivity contribution in [3.8, 4) is 0 Å². The van der Waals surface area contributed by atoms with Crippen LogP contribution in [0.2, 0.25) is 0 Å². The monoisotopic (exact) mass is 274 g/mol. The number of hydrogen-bond acceptors (Lipinski definition) is 5. The van der Waals surface area contributed by atoms with Gasteiger partial charge in [0.15, 0.2) is 0 Å². The summed E-state index contributed by atoms with van der Waals surface area (Å²) in [4.78, 5) is 4.59. The summed E-state index contributed by atoms with van der Waals surface area (Å²) in [7, 11) is 3.63. The highest BCUT2D eigenvalue weighted by Crippen LogP contribution is 2.09. The van der Waals surface area contributed by atoms with Gasteiger partial charge in [0.1, 0.15) is 0 Å². The average Bonchev–Trinajstić information content (AvgIpc) is 2.28. The summed E-state index contributed by atoms with van der Waals surface area (Å²) < 4.78 is 10.7. The van der Waals surface area contributed by atoms with Gasteiger partial charge in [-0.2, -0.15) is 0 Å². The SMILES string of the molecule is COCC(O)CN(C)CC1CN(CC(C)C)CCO1. The van der Waals surface area contributed by atoms with Crippen LogP contribution in [0.3, 0.4) is 0 Å². The van der Waals surface area contributed by atoms with Crippen molar-refractivity contribution < 1.29 is 14.6 Å². The van der Waals surface area contributed by atoms with E-state index in [1.54, 1.807) is 7.11 Å². The Morgan fingerprint density at radius 1 is 1.47 bits per heavy atom. The molecule has 0 amide bonds. The molecule has 2 atom stereocenters. The van der Waals surface area contributed by atoms with Gasteiger partial charge in [0.2, 0.25) is 0 Å². The second-order valence-electron chi connectivity index (χ2n) is 5.98. The van der Waals surface area contributed by atoms with E-state index in [1.807, 2.05) is 7.05 Å². The first-order valence-corrected chi connectivity index (χ1v) is 7.20.